The Labute approximate surface area is 65.1 Å². The highest BCUT2D eigenvalue weighted by Crippen LogP contribution is 2.07. The monoisotopic (exact) mass is 153 g/mol. The van der Waals surface area contributed by atoms with Gasteiger partial charge in [0.1, 0.15) is 5.82 Å². The Morgan fingerprint density at radius 2 is 2.09 bits per heavy atom. The highest BCUT2D eigenvalue weighted by Gasteiger charge is 2.04. The third-order valence-corrected chi connectivity index (χ3v) is 1.41. The summed E-state index contributed by atoms with van der Waals surface area (Å²) in [4.78, 5) is 7.84. The molecule has 0 spiro atoms. The number of nitrogens with zero attached hydrogens (tertiary/aromatic N) is 2. The largest absolute Gasteiger partial charge is 0.387 e. The first-order valence-corrected chi connectivity index (χ1v) is 3.40. The standard InChI is InChI=1S/C7H11N3O/c1-5-9-3-6(4-10-5)7(11)2-8/h3-4,7,11H,2,8H2,1H3. The van der Waals surface area contributed by atoms with Crippen molar-refractivity contribution in [2.75, 3.05) is 6.54 Å². The van der Waals surface area contributed by atoms with Gasteiger partial charge in [-0.2, -0.15) is 0 Å². The molecule has 1 unspecified atom stereocenters. The predicted octanol–water partition coefficient (Wildman–Crippen LogP) is -0.223. The van der Waals surface area contributed by atoms with Gasteiger partial charge in [0.2, 0.25) is 0 Å². The molecule has 1 atom stereocenters. The number of nitrogens with two attached hydrogens (primary N) is 1. The third-order valence-electron chi connectivity index (χ3n) is 1.41. The van der Waals surface area contributed by atoms with E-state index < -0.39 is 6.10 Å². The molecule has 1 rings (SSSR count). The lowest BCUT2D eigenvalue weighted by Gasteiger charge is -2.05. The number of hydrogen-bond acceptors (Lipinski definition) is 4. The van der Waals surface area contributed by atoms with Crippen molar-refractivity contribution in [3.8, 4) is 0 Å². The maximum atomic E-state index is 9.22. The van der Waals surface area contributed by atoms with E-state index in [9.17, 15) is 5.11 Å². The van der Waals surface area contributed by atoms with Crippen LogP contribution in [0.15, 0.2) is 12.4 Å². The highest BCUT2D eigenvalue weighted by atomic mass is 16.3. The zero-order chi connectivity index (χ0) is 8.27. The molecule has 0 radical (unpaired) electrons. The van der Waals surface area contributed by atoms with Crippen molar-refractivity contribution in [2.45, 2.75) is 13.0 Å². The Morgan fingerprint density at radius 1 is 1.55 bits per heavy atom. The predicted molar refractivity (Wildman–Crippen MR) is 40.8 cm³/mol. The smallest absolute Gasteiger partial charge is 0.125 e. The molecule has 4 nitrogen and oxygen atoms in total. The zero-order valence-corrected chi connectivity index (χ0v) is 6.36. The van der Waals surface area contributed by atoms with Crippen molar-refractivity contribution in [2.24, 2.45) is 5.73 Å². The summed E-state index contributed by atoms with van der Waals surface area (Å²) in [5.74, 6) is 0.693. The summed E-state index contributed by atoms with van der Waals surface area (Å²) in [6.07, 6.45) is 2.52. The number of aromatic nitrogens is 2. The highest BCUT2D eigenvalue weighted by molar-refractivity contribution is 5.08. The molecule has 0 aliphatic heterocycles. The number of aryl methyl sites for hydroxylation is 1. The van der Waals surface area contributed by atoms with Gasteiger partial charge in [-0.25, -0.2) is 9.97 Å². The molecule has 0 aliphatic rings. The van der Waals surface area contributed by atoms with Crippen molar-refractivity contribution in [3.63, 3.8) is 0 Å². The quantitative estimate of drug-likeness (QED) is 0.616. The fourth-order valence-electron chi connectivity index (χ4n) is 0.711. The van der Waals surface area contributed by atoms with Gasteiger partial charge in [-0.1, -0.05) is 0 Å². The summed E-state index contributed by atoms with van der Waals surface area (Å²) in [5, 5.41) is 9.22. The molecule has 1 aromatic heterocycles. The summed E-state index contributed by atoms with van der Waals surface area (Å²) in [7, 11) is 0. The van der Waals surface area contributed by atoms with Gasteiger partial charge in [0.25, 0.3) is 0 Å². The lowest BCUT2D eigenvalue weighted by atomic mass is 10.2. The van der Waals surface area contributed by atoms with Gasteiger partial charge in [0.15, 0.2) is 0 Å². The number of hydrogen-bond donors (Lipinski definition) is 2. The maximum absolute atomic E-state index is 9.22. The Kier molecular flexibility index (Phi) is 2.51. The van der Waals surface area contributed by atoms with Gasteiger partial charge in [-0.3, -0.25) is 0 Å². The first kappa shape index (κ1) is 8.10. The summed E-state index contributed by atoms with van der Waals surface area (Å²) in [5.41, 5.74) is 5.90. The van der Waals surface area contributed by atoms with Crippen LogP contribution in [-0.2, 0) is 0 Å². The molecule has 0 aromatic carbocycles. The minimum atomic E-state index is -0.643. The van der Waals surface area contributed by atoms with Crippen LogP contribution >= 0.6 is 0 Å². The van der Waals surface area contributed by atoms with E-state index in [4.69, 9.17) is 5.73 Å². The molecule has 0 saturated heterocycles. The maximum Gasteiger partial charge on any atom is 0.125 e. The van der Waals surface area contributed by atoms with Crippen molar-refractivity contribution in [1.29, 1.82) is 0 Å². The van der Waals surface area contributed by atoms with Crippen LogP contribution in [0.5, 0.6) is 0 Å². The average molecular weight is 153 g/mol. The van der Waals surface area contributed by atoms with Crippen molar-refractivity contribution in [3.05, 3.63) is 23.8 Å². The van der Waals surface area contributed by atoms with E-state index in [-0.39, 0.29) is 6.54 Å². The van der Waals surface area contributed by atoms with Gasteiger partial charge in [-0.05, 0) is 6.92 Å². The molecule has 11 heavy (non-hydrogen) atoms. The van der Waals surface area contributed by atoms with E-state index in [0.29, 0.717) is 11.4 Å². The molecule has 4 heteroatoms. The SMILES string of the molecule is Cc1ncc(C(O)CN)cn1. The number of aliphatic hydroxyl groups is 1. The van der Waals surface area contributed by atoms with E-state index in [1.165, 1.54) is 0 Å². The zero-order valence-electron chi connectivity index (χ0n) is 6.36. The first-order chi connectivity index (χ1) is 5.24. The van der Waals surface area contributed by atoms with Gasteiger partial charge < -0.3 is 10.8 Å². The first-order valence-electron chi connectivity index (χ1n) is 3.40. The molecule has 3 N–H and O–H groups in total. The van der Waals surface area contributed by atoms with Crippen LogP contribution in [0.2, 0.25) is 0 Å². The number of aliphatic hydroxyl groups excluding tert-OH is 1. The Balaban J connectivity index is 2.81. The van der Waals surface area contributed by atoms with E-state index >= 15 is 0 Å². The van der Waals surface area contributed by atoms with E-state index in [1.54, 1.807) is 19.3 Å². The van der Waals surface area contributed by atoms with Gasteiger partial charge in [0.05, 0.1) is 6.10 Å². The molecule has 0 bridgehead atoms. The molecule has 1 aromatic rings. The van der Waals surface area contributed by atoms with Crippen LogP contribution < -0.4 is 5.73 Å². The lowest BCUT2D eigenvalue weighted by molar-refractivity contribution is 0.186. The second kappa shape index (κ2) is 3.41. The second-order valence-corrected chi connectivity index (χ2v) is 2.32. The third kappa shape index (κ3) is 1.96. The van der Waals surface area contributed by atoms with E-state index in [2.05, 4.69) is 9.97 Å². The Bertz CT molecular complexity index is 222. The summed E-state index contributed by atoms with van der Waals surface area (Å²) < 4.78 is 0. The lowest BCUT2D eigenvalue weighted by Crippen LogP contribution is -2.12. The van der Waals surface area contributed by atoms with Crippen LogP contribution in [0.4, 0.5) is 0 Å². The second-order valence-electron chi connectivity index (χ2n) is 2.32. The van der Waals surface area contributed by atoms with Crippen LogP contribution in [0.1, 0.15) is 17.5 Å². The Hall–Kier alpha value is -1.00. The minimum Gasteiger partial charge on any atom is -0.387 e. The summed E-state index contributed by atoms with van der Waals surface area (Å²) in [6, 6.07) is 0. The molecular formula is C7H11N3O. The molecule has 0 amide bonds. The summed E-state index contributed by atoms with van der Waals surface area (Å²) in [6.45, 7) is 1.99. The molecule has 1 heterocycles. The van der Waals surface area contributed by atoms with Gasteiger partial charge >= 0.3 is 0 Å². The molecule has 0 saturated carbocycles. The Morgan fingerprint density at radius 3 is 2.55 bits per heavy atom. The number of rotatable bonds is 2. The fraction of sp³-hybridized carbons (Fsp3) is 0.429. The molecule has 0 aliphatic carbocycles. The van der Waals surface area contributed by atoms with Crippen molar-refractivity contribution >= 4 is 0 Å². The minimum absolute atomic E-state index is 0.201. The topological polar surface area (TPSA) is 72.0 Å². The van der Waals surface area contributed by atoms with Crippen molar-refractivity contribution < 1.29 is 5.11 Å². The average Bonchev–Trinajstić information content (AvgIpc) is 2.05. The van der Waals surface area contributed by atoms with Crippen LogP contribution in [0.25, 0.3) is 0 Å². The fourth-order valence-corrected chi connectivity index (χ4v) is 0.711. The van der Waals surface area contributed by atoms with Crippen LogP contribution in [0.3, 0.4) is 0 Å². The summed E-state index contributed by atoms with van der Waals surface area (Å²) >= 11 is 0. The van der Waals surface area contributed by atoms with E-state index in [1.807, 2.05) is 0 Å². The van der Waals surface area contributed by atoms with Gasteiger partial charge in [-0.15, -0.1) is 0 Å². The van der Waals surface area contributed by atoms with Crippen LogP contribution in [0, 0.1) is 6.92 Å². The van der Waals surface area contributed by atoms with E-state index in [0.717, 1.165) is 0 Å². The molecule has 0 fully saturated rings. The normalized spacial score (nSPS) is 13.0. The molecular weight excluding hydrogens is 142 g/mol. The van der Waals surface area contributed by atoms with Crippen molar-refractivity contribution in [1.82, 2.24) is 9.97 Å². The van der Waals surface area contributed by atoms with Gasteiger partial charge in [0, 0.05) is 24.5 Å². The van der Waals surface area contributed by atoms with Crippen LogP contribution in [-0.4, -0.2) is 21.6 Å². The molecule has 60 valence electrons.